The van der Waals surface area contributed by atoms with Gasteiger partial charge in [-0.25, -0.2) is 9.97 Å². The zero-order valence-corrected chi connectivity index (χ0v) is 15.9. The summed E-state index contributed by atoms with van der Waals surface area (Å²) >= 11 is 0. The Morgan fingerprint density at radius 1 is 1.12 bits per heavy atom. The van der Waals surface area contributed by atoms with Gasteiger partial charge >= 0.3 is 0 Å². The van der Waals surface area contributed by atoms with E-state index < -0.39 is 0 Å². The molecule has 0 N–H and O–H groups in total. The molecule has 0 aliphatic carbocycles. The van der Waals surface area contributed by atoms with E-state index in [9.17, 15) is 0 Å². The van der Waals surface area contributed by atoms with Crippen LogP contribution in [0.4, 0.5) is 0 Å². The molecule has 0 unspecified atom stereocenters. The Hall–Kier alpha value is -1.78. The third-order valence-electron chi connectivity index (χ3n) is 5.81. The smallest absolute Gasteiger partial charge is 0.145 e. The van der Waals surface area contributed by atoms with Crippen molar-refractivity contribution in [3.05, 3.63) is 59.2 Å². The molecule has 1 fully saturated rings. The lowest BCUT2D eigenvalue weighted by Crippen LogP contribution is -2.36. The van der Waals surface area contributed by atoms with Crippen molar-refractivity contribution >= 4 is 0 Å². The van der Waals surface area contributed by atoms with Crippen LogP contribution >= 0.6 is 0 Å². The van der Waals surface area contributed by atoms with Gasteiger partial charge in [0, 0.05) is 37.0 Å². The molecule has 26 heavy (non-hydrogen) atoms. The van der Waals surface area contributed by atoms with E-state index in [-0.39, 0.29) is 0 Å². The zero-order valence-electron chi connectivity index (χ0n) is 15.9. The first-order valence-electron chi connectivity index (χ1n) is 10.1. The average Bonchev–Trinajstić information content (AvgIpc) is 2.69. The Morgan fingerprint density at radius 3 is 2.88 bits per heavy atom. The van der Waals surface area contributed by atoms with E-state index in [2.05, 4.69) is 53.4 Å². The topological polar surface area (TPSA) is 32.3 Å². The molecule has 4 rings (SSSR count). The van der Waals surface area contributed by atoms with Crippen LogP contribution in [0.15, 0.2) is 36.5 Å². The number of hydrogen-bond acceptors (Lipinski definition) is 4. The van der Waals surface area contributed by atoms with Crippen LogP contribution in [0.5, 0.6) is 0 Å². The monoisotopic (exact) mass is 350 g/mol. The molecule has 0 amide bonds. The number of aryl methyl sites for hydroxylation is 1. The highest BCUT2D eigenvalue weighted by atomic mass is 15.2. The molecular formula is C22H30N4. The minimum Gasteiger partial charge on any atom is -0.302 e. The van der Waals surface area contributed by atoms with E-state index in [4.69, 9.17) is 9.97 Å². The van der Waals surface area contributed by atoms with E-state index in [1.807, 2.05) is 0 Å². The van der Waals surface area contributed by atoms with Gasteiger partial charge in [0.25, 0.3) is 0 Å². The molecule has 0 radical (unpaired) electrons. The number of rotatable bonds is 5. The summed E-state index contributed by atoms with van der Waals surface area (Å²) in [6.07, 6.45) is 9.30. The van der Waals surface area contributed by atoms with E-state index >= 15 is 0 Å². The molecule has 4 heteroatoms. The number of fused-ring (bicyclic) bond motifs is 1. The van der Waals surface area contributed by atoms with Crippen molar-refractivity contribution in [2.45, 2.75) is 51.1 Å². The molecule has 3 heterocycles. The molecule has 0 saturated carbocycles. The largest absolute Gasteiger partial charge is 0.302 e. The Morgan fingerprint density at radius 2 is 2.00 bits per heavy atom. The maximum Gasteiger partial charge on any atom is 0.145 e. The molecule has 1 atom stereocenters. The molecule has 4 nitrogen and oxygen atoms in total. The number of hydrogen-bond donors (Lipinski definition) is 0. The summed E-state index contributed by atoms with van der Waals surface area (Å²) in [5.74, 6) is 1.06. The summed E-state index contributed by atoms with van der Waals surface area (Å²) in [5.41, 5.74) is 4.03. The fourth-order valence-electron chi connectivity index (χ4n) is 4.32. The Balaban J connectivity index is 1.42. The van der Waals surface area contributed by atoms with Crippen LogP contribution in [-0.2, 0) is 19.4 Å². The number of nitrogens with zero attached hydrogens (tertiary/aromatic N) is 4. The molecule has 138 valence electrons. The number of aromatic nitrogens is 2. The van der Waals surface area contributed by atoms with Gasteiger partial charge in [-0.2, -0.15) is 0 Å². The minimum absolute atomic E-state index is 0.407. The number of piperidine rings is 1. The van der Waals surface area contributed by atoms with Gasteiger partial charge in [-0.1, -0.05) is 36.8 Å². The normalized spacial score (nSPS) is 21.5. The maximum absolute atomic E-state index is 5.01. The predicted octanol–water partition coefficient (Wildman–Crippen LogP) is 3.62. The van der Waals surface area contributed by atoms with Crippen molar-refractivity contribution in [1.29, 1.82) is 0 Å². The van der Waals surface area contributed by atoms with E-state index in [0.717, 1.165) is 38.3 Å². The van der Waals surface area contributed by atoms with Gasteiger partial charge in [0.15, 0.2) is 0 Å². The minimum atomic E-state index is 0.407. The molecule has 1 saturated heterocycles. The molecule has 2 aromatic rings. The van der Waals surface area contributed by atoms with Crippen molar-refractivity contribution in [3.8, 4) is 0 Å². The van der Waals surface area contributed by atoms with Crippen molar-refractivity contribution < 1.29 is 0 Å². The molecule has 2 aliphatic heterocycles. The summed E-state index contributed by atoms with van der Waals surface area (Å²) in [7, 11) is 2.17. The van der Waals surface area contributed by atoms with Crippen molar-refractivity contribution in [2.75, 3.05) is 26.7 Å². The summed E-state index contributed by atoms with van der Waals surface area (Å²) < 4.78 is 0. The lowest BCUT2D eigenvalue weighted by molar-refractivity contribution is 0.140. The highest BCUT2D eigenvalue weighted by Crippen LogP contribution is 2.30. The predicted molar refractivity (Wildman–Crippen MR) is 105 cm³/mol. The van der Waals surface area contributed by atoms with Crippen LogP contribution in [0.3, 0.4) is 0 Å². The van der Waals surface area contributed by atoms with Crippen LogP contribution in [0, 0.1) is 0 Å². The van der Waals surface area contributed by atoms with Crippen molar-refractivity contribution in [3.63, 3.8) is 0 Å². The molecule has 2 aliphatic rings. The fourth-order valence-corrected chi connectivity index (χ4v) is 4.32. The second kappa shape index (κ2) is 8.28. The summed E-state index contributed by atoms with van der Waals surface area (Å²) in [5, 5.41) is 0. The second-order valence-electron chi connectivity index (χ2n) is 7.82. The summed E-state index contributed by atoms with van der Waals surface area (Å²) in [4.78, 5) is 14.8. The Bertz CT molecular complexity index is 715. The molecular weight excluding hydrogens is 320 g/mol. The van der Waals surface area contributed by atoms with Crippen molar-refractivity contribution in [1.82, 2.24) is 19.8 Å². The summed E-state index contributed by atoms with van der Waals surface area (Å²) in [6.45, 7) is 4.42. The van der Waals surface area contributed by atoms with Gasteiger partial charge in [0.1, 0.15) is 5.82 Å². The molecule has 1 aromatic heterocycles. The van der Waals surface area contributed by atoms with Gasteiger partial charge in [-0.15, -0.1) is 0 Å². The SMILES string of the molecule is CN1CCc2nc([C@H]3CCCCN3CCCc3ccccc3)ncc2C1. The highest BCUT2D eigenvalue weighted by molar-refractivity contribution is 5.21. The number of likely N-dealkylation sites (tertiary alicyclic amines) is 1. The van der Waals surface area contributed by atoms with E-state index in [1.54, 1.807) is 0 Å². The van der Waals surface area contributed by atoms with Gasteiger partial charge in [-0.05, 0) is 51.4 Å². The first-order chi connectivity index (χ1) is 12.8. The Labute approximate surface area is 157 Å². The molecule has 1 aromatic carbocycles. The lowest BCUT2D eigenvalue weighted by atomic mass is 9.99. The number of benzene rings is 1. The second-order valence-corrected chi connectivity index (χ2v) is 7.82. The van der Waals surface area contributed by atoms with Gasteiger partial charge in [-0.3, -0.25) is 4.90 Å². The zero-order chi connectivity index (χ0) is 17.8. The van der Waals surface area contributed by atoms with Crippen molar-refractivity contribution in [2.24, 2.45) is 0 Å². The van der Waals surface area contributed by atoms with Gasteiger partial charge < -0.3 is 4.90 Å². The van der Waals surface area contributed by atoms with Gasteiger partial charge in [0.05, 0.1) is 6.04 Å². The highest BCUT2D eigenvalue weighted by Gasteiger charge is 2.27. The standard InChI is InChI=1S/C22H30N4/c1-25-15-12-20-19(17-25)16-23-22(24-20)21-11-5-6-13-26(21)14-7-10-18-8-3-2-4-9-18/h2-4,8-9,16,21H,5-7,10-15,17H2,1H3/t21-/m1/s1. The third kappa shape index (κ3) is 4.13. The third-order valence-corrected chi connectivity index (χ3v) is 5.81. The van der Waals surface area contributed by atoms with Crippen LogP contribution in [0.1, 0.15) is 54.4 Å². The van der Waals surface area contributed by atoms with Gasteiger partial charge in [0.2, 0.25) is 0 Å². The van der Waals surface area contributed by atoms with E-state index in [1.165, 1.54) is 49.0 Å². The molecule has 0 bridgehead atoms. The van der Waals surface area contributed by atoms with Crippen LogP contribution in [0.2, 0.25) is 0 Å². The van der Waals surface area contributed by atoms with E-state index in [0.29, 0.717) is 6.04 Å². The van der Waals surface area contributed by atoms with Crippen LogP contribution in [-0.4, -0.2) is 46.4 Å². The maximum atomic E-state index is 5.01. The average molecular weight is 351 g/mol. The molecule has 0 spiro atoms. The summed E-state index contributed by atoms with van der Waals surface area (Å²) in [6, 6.07) is 11.2. The fraction of sp³-hybridized carbons (Fsp3) is 0.545. The van der Waals surface area contributed by atoms with Crippen LogP contribution in [0.25, 0.3) is 0 Å². The lowest BCUT2D eigenvalue weighted by Gasteiger charge is -2.35. The Kier molecular flexibility index (Phi) is 5.61. The number of likely N-dealkylation sites (N-methyl/N-ethyl adjacent to an activating group) is 1. The first-order valence-corrected chi connectivity index (χ1v) is 10.1. The van der Waals surface area contributed by atoms with Crippen LogP contribution < -0.4 is 0 Å². The first kappa shape index (κ1) is 17.6. The quantitative estimate of drug-likeness (QED) is 0.824.